The normalized spacial score (nSPS) is 11.2. The van der Waals surface area contributed by atoms with Crippen LogP contribution in [0.2, 0.25) is 0 Å². The Morgan fingerprint density at radius 3 is 2.71 bits per heavy atom. The van der Waals surface area contributed by atoms with Gasteiger partial charge in [-0.1, -0.05) is 25.1 Å². The molecule has 126 valence electrons. The third kappa shape index (κ3) is 3.93. The fraction of sp³-hybridized carbons (Fsp3) is 0.444. The molecule has 24 heavy (non-hydrogen) atoms. The van der Waals surface area contributed by atoms with Gasteiger partial charge in [0.15, 0.2) is 5.16 Å². The monoisotopic (exact) mass is 341 g/mol. The summed E-state index contributed by atoms with van der Waals surface area (Å²) in [6.45, 7) is 5.30. The summed E-state index contributed by atoms with van der Waals surface area (Å²) in [6.07, 6.45) is 11.9. The van der Waals surface area contributed by atoms with E-state index in [0.717, 1.165) is 41.6 Å². The number of nitrogens with zero attached hydrogens (tertiary/aromatic N) is 5. The summed E-state index contributed by atoms with van der Waals surface area (Å²) in [5.74, 6) is 2.23. The maximum absolute atomic E-state index is 4.73. The summed E-state index contributed by atoms with van der Waals surface area (Å²) >= 11 is 1.73. The smallest absolute Gasteiger partial charge is 0.187 e. The maximum Gasteiger partial charge on any atom is 0.187 e. The van der Waals surface area contributed by atoms with Gasteiger partial charge < -0.3 is 4.57 Å². The lowest BCUT2D eigenvalue weighted by Gasteiger charge is -2.09. The Morgan fingerprint density at radius 1 is 1.08 bits per heavy atom. The van der Waals surface area contributed by atoms with Gasteiger partial charge in [-0.3, -0.25) is 4.98 Å². The molecule has 3 heterocycles. The van der Waals surface area contributed by atoms with Crippen molar-refractivity contribution in [1.29, 1.82) is 0 Å². The van der Waals surface area contributed by atoms with Crippen molar-refractivity contribution >= 4 is 22.8 Å². The van der Waals surface area contributed by atoms with Gasteiger partial charge >= 0.3 is 0 Å². The Bertz CT molecular complexity index is 785. The fourth-order valence-electron chi connectivity index (χ4n) is 2.89. The van der Waals surface area contributed by atoms with Crippen LogP contribution < -0.4 is 0 Å². The van der Waals surface area contributed by atoms with Crippen LogP contribution in [0.25, 0.3) is 11.0 Å². The molecule has 3 rings (SSSR count). The SMILES string of the molecule is CCc1nc2cncc(C)c2n1CCCCCSc1ncccn1. The van der Waals surface area contributed by atoms with Gasteiger partial charge in [0, 0.05) is 37.3 Å². The molecule has 3 aromatic rings. The Hall–Kier alpha value is -1.95. The molecule has 0 spiro atoms. The third-order valence-electron chi connectivity index (χ3n) is 4.03. The quantitative estimate of drug-likeness (QED) is 0.351. The molecule has 0 aromatic carbocycles. The van der Waals surface area contributed by atoms with Crippen LogP contribution in [0.3, 0.4) is 0 Å². The number of thioether (sulfide) groups is 1. The molecule has 0 radical (unpaired) electrons. The second kappa shape index (κ2) is 8.24. The van der Waals surface area contributed by atoms with Gasteiger partial charge in [0.2, 0.25) is 0 Å². The van der Waals surface area contributed by atoms with Crippen LogP contribution >= 0.6 is 11.8 Å². The minimum absolute atomic E-state index is 0.870. The zero-order valence-electron chi connectivity index (χ0n) is 14.3. The van der Waals surface area contributed by atoms with E-state index in [1.54, 1.807) is 24.2 Å². The van der Waals surface area contributed by atoms with Gasteiger partial charge in [0.1, 0.15) is 11.3 Å². The number of hydrogen-bond donors (Lipinski definition) is 0. The molecule has 0 fully saturated rings. The molecular formula is C18H23N5S. The molecule has 0 saturated heterocycles. The summed E-state index contributed by atoms with van der Waals surface area (Å²) < 4.78 is 2.37. The molecule has 3 aromatic heterocycles. The van der Waals surface area contributed by atoms with Crippen molar-refractivity contribution in [3.05, 3.63) is 42.2 Å². The van der Waals surface area contributed by atoms with Gasteiger partial charge in [-0.05, 0) is 31.4 Å². The maximum atomic E-state index is 4.73. The third-order valence-corrected chi connectivity index (χ3v) is 4.99. The topological polar surface area (TPSA) is 56.5 Å². The van der Waals surface area contributed by atoms with Crippen molar-refractivity contribution in [2.24, 2.45) is 0 Å². The van der Waals surface area contributed by atoms with E-state index in [1.165, 1.54) is 23.9 Å². The van der Waals surface area contributed by atoms with E-state index in [4.69, 9.17) is 4.98 Å². The molecule has 5 nitrogen and oxygen atoms in total. The highest BCUT2D eigenvalue weighted by atomic mass is 32.2. The lowest BCUT2D eigenvalue weighted by atomic mass is 10.2. The van der Waals surface area contributed by atoms with Crippen LogP contribution in [-0.2, 0) is 13.0 Å². The molecular weight excluding hydrogens is 318 g/mol. The predicted octanol–water partition coefficient (Wildman–Crippen LogP) is 4.05. The number of fused-ring (bicyclic) bond motifs is 1. The molecule has 0 aliphatic rings. The number of unbranched alkanes of at least 4 members (excludes halogenated alkanes) is 2. The minimum atomic E-state index is 0.870. The van der Waals surface area contributed by atoms with Crippen LogP contribution in [0.15, 0.2) is 36.0 Å². The minimum Gasteiger partial charge on any atom is -0.328 e. The van der Waals surface area contributed by atoms with E-state index in [-0.39, 0.29) is 0 Å². The Balaban J connectivity index is 1.52. The highest BCUT2D eigenvalue weighted by Crippen LogP contribution is 2.21. The first-order chi connectivity index (χ1) is 11.8. The van der Waals surface area contributed by atoms with Crippen molar-refractivity contribution in [2.45, 2.75) is 51.2 Å². The molecule has 0 aliphatic heterocycles. The van der Waals surface area contributed by atoms with E-state index in [9.17, 15) is 0 Å². The first-order valence-electron chi connectivity index (χ1n) is 8.49. The Labute approximate surface area is 147 Å². The van der Waals surface area contributed by atoms with E-state index in [0.29, 0.717) is 0 Å². The summed E-state index contributed by atoms with van der Waals surface area (Å²) in [6, 6.07) is 1.85. The zero-order chi connectivity index (χ0) is 16.8. The van der Waals surface area contributed by atoms with Crippen molar-refractivity contribution in [3.63, 3.8) is 0 Å². The molecule has 0 unspecified atom stereocenters. The zero-order valence-corrected chi connectivity index (χ0v) is 15.1. The molecule has 0 aliphatic carbocycles. The van der Waals surface area contributed by atoms with E-state index in [1.807, 2.05) is 18.5 Å². The van der Waals surface area contributed by atoms with Crippen LogP contribution in [0.4, 0.5) is 0 Å². The molecule has 6 heteroatoms. The highest BCUT2D eigenvalue weighted by molar-refractivity contribution is 7.99. The largest absolute Gasteiger partial charge is 0.328 e. The van der Waals surface area contributed by atoms with Gasteiger partial charge in [0.05, 0.1) is 11.7 Å². The fourth-order valence-corrected chi connectivity index (χ4v) is 3.69. The number of rotatable bonds is 8. The second-order valence-electron chi connectivity index (χ2n) is 5.80. The molecule has 0 saturated carbocycles. The molecule has 0 bridgehead atoms. The van der Waals surface area contributed by atoms with Crippen LogP contribution in [0.1, 0.15) is 37.6 Å². The van der Waals surface area contributed by atoms with Gasteiger partial charge in [-0.15, -0.1) is 0 Å². The van der Waals surface area contributed by atoms with Gasteiger partial charge in [-0.2, -0.15) is 0 Å². The summed E-state index contributed by atoms with van der Waals surface area (Å²) in [5, 5.41) is 0.870. The second-order valence-corrected chi connectivity index (χ2v) is 6.86. The number of pyridine rings is 1. The molecule has 0 N–H and O–H groups in total. The molecule has 0 atom stereocenters. The standard InChI is InChI=1S/C18H23N5S/c1-3-16-22-15-13-19-12-14(2)17(15)23(16)10-5-4-6-11-24-18-20-8-7-9-21-18/h7-9,12-13H,3-6,10-11H2,1-2H3. The summed E-state index contributed by atoms with van der Waals surface area (Å²) in [7, 11) is 0. The highest BCUT2D eigenvalue weighted by Gasteiger charge is 2.11. The van der Waals surface area contributed by atoms with Crippen LogP contribution in [0, 0.1) is 6.92 Å². The van der Waals surface area contributed by atoms with E-state index in [2.05, 4.69) is 33.4 Å². The lowest BCUT2D eigenvalue weighted by Crippen LogP contribution is -2.04. The predicted molar refractivity (Wildman–Crippen MR) is 98.3 cm³/mol. The number of imidazole rings is 1. The van der Waals surface area contributed by atoms with Crippen molar-refractivity contribution in [3.8, 4) is 0 Å². The average Bonchev–Trinajstić information content (AvgIpc) is 2.98. The number of hydrogen-bond acceptors (Lipinski definition) is 5. The Morgan fingerprint density at radius 2 is 1.92 bits per heavy atom. The van der Waals surface area contributed by atoms with E-state index >= 15 is 0 Å². The Kier molecular flexibility index (Phi) is 5.80. The van der Waals surface area contributed by atoms with Crippen molar-refractivity contribution < 1.29 is 0 Å². The van der Waals surface area contributed by atoms with Crippen LogP contribution in [0.5, 0.6) is 0 Å². The first kappa shape index (κ1) is 16.9. The van der Waals surface area contributed by atoms with Crippen molar-refractivity contribution in [1.82, 2.24) is 24.5 Å². The average molecular weight is 341 g/mol. The summed E-state index contributed by atoms with van der Waals surface area (Å²) in [4.78, 5) is 17.5. The summed E-state index contributed by atoms with van der Waals surface area (Å²) in [5.41, 5.74) is 3.47. The number of aryl methyl sites for hydroxylation is 3. The van der Waals surface area contributed by atoms with Gasteiger partial charge in [-0.25, -0.2) is 15.0 Å². The van der Waals surface area contributed by atoms with Gasteiger partial charge in [0.25, 0.3) is 0 Å². The molecule has 0 amide bonds. The number of aromatic nitrogens is 5. The van der Waals surface area contributed by atoms with Crippen LogP contribution in [-0.4, -0.2) is 30.3 Å². The van der Waals surface area contributed by atoms with Crippen molar-refractivity contribution in [2.75, 3.05) is 5.75 Å². The van der Waals surface area contributed by atoms with E-state index < -0.39 is 0 Å². The lowest BCUT2D eigenvalue weighted by molar-refractivity contribution is 0.595. The first-order valence-corrected chi connectivity index (χ1v) is 9.47.